The van der Waals surface area contributed by atoms with Gasteiger partial charge in [-0.15, -0.1) is 0 Å². The maximum absolute atomic E-state index is 5.86. The molecule has 0 aromatic carbocycles. The second-order valence-electron chi connectivity index (χ2n) is 5.13. The van der Waals surface area contributed by atoms with Crippen molar-refractivity contribution in [2.24, 2.45) is 0 Å². The third-order valence-corrected chi connectivity index (χ3v) is 3.00. The first-order valence-electron chi connectivity index (χ1n) is 6.43. The molecule has 15 heavy (non-hydrogen) atoms. The molecule has 1 saturated heterocycles. The minimum Gasteiger partial charge on any atom is -0.353 e. The van der Waals surface area contributed by atoms with Crippen molar-refractivity contribution in [3.63, 3.8) is 0 Å². The van der Waals surface area contributed by atoms with Crippen LogP contribution in [0.2, 0.25) is 0 Å². The van der Waals surface area contributed by atoms with Crippen molar-refractivity contribution in [2.75, 3.05) is 6.61 Å². The molecule has 1 fully saturated rings. The number of rotatable bonds is 6. The molecular formula is C13H26O2. The van der Waals surface area contributed by atoms with E-state index in [1.807, 2.05) is 0 Å². The molecule has 0 aromatic rings. The molecule has 2 heteroatoms. The summed E-state index contributed by atoms with van der Waals surface area (Å²) in [5.74, 6) is 0. The van der Waals surface area contributed by atoms with Gasteiger partial charge in [-0.3, -0.25) is 0 Å². The summed E-state index contributed by atoms with van der Waals surface area (Å²) in [6.07, 6.45) is 8.70. The lowest BCUT2D eigenvalue weighted by molar-refractivity contribution is -0.247. The average molecular weight is 214 g/mol. The van der Waals surface area contributed by atoms with Gasteiger partial charge in [0.2, 0.25) is 0 Å². The van der Waals surface area contributed by atoms with E-state index < -0.39 is 0 Å². The quantitative estimate of drug-likeness (QED) is 0.624. The Morgan fingerprint density at radius 2 is 1.87 bits per heavy atom. The molecule has 1 aliphatic heterocycles. The molecule has 0 amide bonds. The molecule has 0 aliphatic carbocycles. The summed E-state index contributed by atoms with van der Waals surface area (Å²) in [5.41, 5.74) is 0.0202. The zero-order valence-electron chi connectivity index (χ0n) is 10.6. The van der Waals surface area contributed by atoms with Crippen LogP contribution in [0.25, 0.3) is 0 Å². The first-order chi connectivity index (χ1) is 7.14. The van der Waals surface area contributed by atoms with Gasteiger partial charge in [0, 0.05) is 0 Å². The number of hydrogen-bond acceptors (Lipinski definition) is 2. The van der Waals surface area contributed by atoms with Crippen LogP contribution in [0.4, 0.5) is 0 Å². The maximum atomic E-state index is 5.86. The van der Waals surface area contributed by atoms with Crippen LogP contribution in [0.3, 0.4) is 0 Å². The number of hydrogen-bond donors (Lipinski definition) is 0. The van der Waals surface area contributed by atoms with E-state index in [1.54, 1.807) is 0 Å². The van der Waals surface area contributed by atoms with Crippen molar-refractivity contribution in [1.29, 1.82) is 0 Å². The maximum Gasteiger partial charge on any atom is 0.158 e. The van der Waals surface area contributed by atoms with Crippen molar-refractivity contribution < 1.29 is 9.47 Å². The van der Waals surface area contributed by atoms with Crippen molar-refractivity contribution in [3.8, 4) is 0 Å². The summed E-state index contributed by atoms with van der Waals surface area (Å²) in [7, 11) is 0. The number of unbranched alkanes of at least 4 members (excludes halogenated alkanes) is 4. The van der Waals surface area contributed by atoms with Gasteiger partial charge >= 0.3 is 0 Å². The molecule has 0 bridgehead atoms. The summed E-state index contributed by atoms with van der Waals surface area (Å²) in [5, 5.41) is 0. The summed E-state index contributed by atoms with van der Waals surface area (Å²) >= 11 is 0. The minimum absolute atomic E-state index is 0.0202. The van der Waals surface area contributed by atoms with E-state index in [9.17, 15) is 0 Å². The molecule has 0 N–H and O–H groups in total. The molecule has 1 aliphatic rings. The summed E-state index contributed by atoms with van der Waals surface area (Å²) < 4.78 is 11.5. The summed E-state index contributed by atoms with van der Waals surface area (Å²) in [4.78, 5) is 0. The van der Waals surface area contributed by atoms with Crippen molar-refractivity contribution in [2.45, 2.75) is 77.6 Å². The molecular weight excluding hydrogens is 188 g/mol. The van der Waals surface area contributed by atoms with Gasteiger partial charge in [-0.05, 0) is 33.1 Å². The highest BCUT2D eigenvalue weighted by Crippen LogP contribution is 2.25. The Balaban J connectivity index is 2.05. The third-order valence-electron chi connectivity index (χ3n) is 3.00. The highest BCUT2D eigenvalue weighted by molar-refractivity contribution is 4.72. The van der Waals surface area contributed by atoms with Gasteiger partial charge in [0.15, 0.2) is 6.29 Å². The Labute approximate surface area is 94.3 Å². The van der Waals surface area contributed by atoms with Gasteiger partial charge in [-0.1, -0.05) is 32.6 Å². The van der Waals surface area contributed by atoms with Crippen LogP contribution < -0.4 is 0 Å². The molecule has 1 heterocycles. The Hall–Kier alpha value is -0.0800. The molecule has 0 spiro atoms. The lowest BCUT2D eigenvalue weighted by Crippen LogP contribution is -2.38. The van der Waals surface area contributed by atoms with Crippen LogP contribution in [0, 0.1) is 0 Å². The zero-order chi connectivity index (χ0) is 11.1. The highest BCUT2D eigenvalue weighted by Gasteiger charge is 2.28. The standard InChI is InChI=1S/C13H26O2/c1-4-5-6-7-8-9-12-14-11-10-13(2,3)15-12/h12H,4-11H2,1-3H3. The smallest absolute Gasteiger partial charge is 0.158 e. The Morgan fingerprint density at radius 3 is 2.53 bits per heavy atom. The molecule has 1 atom stereocenters. The van der Waals surface area contributed by atoms with Crippen LogP contribution in [0.5, 0.6) is 0 Å². The molecule has 2 nitrogen and oxygen atoms in total. The van der Waals surface area contributed by atoms with Crippen molar-refractivity contribution in [1.82, 2.24) is 0 Å². The van der Waals surface area contributed by atoms with Gasteiger partial charge in [0.1, 0.15) is 0 Å². The van der Waals surface area contributed by atoms with E-state index >= 15 is 0 Å². The Morgan fingerprint density at radius 1 is 1.13 bits per heavy atom. The fourth-order valence-corrected chi connectivity index (χ4v) is 1.94. The van der Waals surface area contributed by atoms with Crippen molar-refractivity contribution in [3.05, 3.63) is 0 Å². The minimum atomic E-state index is 0.0202. The van der Waals surface area contributed by atoms with Crippen LogP contribution in [0.15, 0.2) is 0 Å². The Kier molecular flexibility index (Phi) is 5.62. The first kappa shape index (κ1) is 13.0. The van der Waals surface area contributed by atoms with Crippen LogP contribution in [0.1, 0.15) is 65.7 Å². The lowest BCUT2D eigenvalue weighted by atomic mass is 10.0. The largest absolute Gasteiger partial charge is 0.353 e. The van der Waals surface area contributed by atoms with Crippen LogP contribution in [-0.4, -0.2) is 18.5 Å². The second-order valence-corrected chi connectivity index (χ2v) is 5.13. The van der Waals surface area contributed by atoms with Crippen LogP contribution >= 0.6 is 0 Å². The fourth-order valence-electron chi connectivity index (χ4n) is 1.94. The monoisotopic (exact) mass is 214 g/mol. The van der Waals surface area contributed by atoms with Gasteiger partial charge in [0.05, 0.1) is 12.2 Å². The topological polar surface area (TPSA) is 18.5 Å². The molecule has 0 saturated carbocycles. The molecule has 1 unspecified atom stereocenters. The average Bonchev–Trinajstić information content (AvgIpc) is 2.16. The molecule has 1 rings (SSSR count). The molecule has 0 aromatic heterocycles. The summed E-state index contributed by atoms with van der Waals surface area (Å²) in [6.45, 7) is 7.40. The van der Waals surface area contributed by atoms with Gasteiger partial charge in [0.25, 0.3) is 0 Å². The van der Waals surface area contributed by atoms with Crippen LogP contribution in [-0.2, 0) is 9.47 Å². The van der Waals surface area contributed by atoms with E-state index in [4.69, 9.17) is 9.47 Å². The van der Waals surface area contributed by atoms with Gasteiger partial charge < -0.3 is 9.47 Å². The molecule has 90 valence electrons. The number of ether oxygens (including phenoxy) is 2. The fraction of sp³-hybridized carbons (Fsp3) is 1.00. The normalized spacial score (nSPS) is 25.4. The highest BCUT2D eigenvalue weighted by atomic mass is 16.7. The van der Waals surface area contributed by atoms with E-state index in [-0.39, 0.29) is 11.9 Å². The van der Waals surface area contributed by atoms with Gasteiger partial charge in [-0.2, -0.15) is 0 Å². The molecule has 0 radical (unpaired) electrons. The second kappa shape index (κ2) is 6.49. The Bertz CT molecular complexity index is 166. The van der Waals surface area contributed by atoms with Crippen molar-refractivity contribution >= 4 is 0 Å². The third kappa shape index (κ3) is 5.53. The van der Waals surface area contributed by atoms with E-state index in [0.29, 0.717) is 0 Å². The van der Waals surface area contributed by atoms with Gasteiger partial charge in [-0.25, -0.2) is 0 Å². The van der Waals surface area contributed by atoms with E-state index in [1.165, 1.54) is 32.1 Å². The summed E-state index contributed by atoms with van der Waals surface area (Å²) in [6, 6.07) is 0. The zero-order valence-corrected chi connectivity index (χ0v) is 10.6. The van der Waals surface area contributed by atoms with E-state index in [2.05, 4.69) is 20.8 Å². The predicted octanol–water partition coefficient (Wildman–Crippen LogP) is 3.89. The predicted molar refractivity (Wildman–Crippen MR) is 62.9 cm³/mol. The van der Waals surface area contributed by atoms with E-state index in [0.717, 1.165) is 19.4 Å². The first-order valence-corrected chi connectivity index (χ1v) is 6.43. The SMILES string of the molecule is CCCCCCCC1OCCC(C)(C)O1. The lowest BCUT2D eigenvalue weighted by Gasteiger charge is -2.36.